The van der Waals surface area contributed by atoms with E-state index < -0.39 is 0 Å². The third kappa shape index (κ3) is 3.18. The van der Waals surface area contributed by atoms with E-state index >= 15 is 0 Å². The molecule has 1 amide bonds. The summed E-state index contributed by atoms with van der Waals surface area (Å²) in [5.74, 6) is 0.567. The number of carbonyl (C=O) groups excluding carboxylic acids is 1. The largest absolute Gasteiger partial charge is 0.445 e. The summed E-state index contributed by atoms with van der Waals surface area (Å²) in [5, 5.41) is 6.09. The fraction of sp³-hybridized carbons (Fsp3) is 0.286. The maximum atomic E-state index is 12.0. The van der Waals surface area contributed by atoms with Gasteiger partial charge in [-0.15, -0.1) is 12.4 Å². The topological polar surface area (TPSA) is 67.2 Å². The van der Waals surface area contributed by atoms with Gasteiger partial charge >= 0.3 is 0 Å². The number of hydrogen-bond acceptors (Lipinski definition) is 4. The van der Waals surface area contributed by atoms with E-state index in [1.54, 1.807) is 6.20 Å². The number of anilines is 1. The van der Waals surface area contributed by atoms with E-state index in [1.807, 2.05) is 24.3 Å². The molecule has 20 heavy (non-hydrogen) atoms. The summed E-state index contributed by atoms with van der Waals surface area (Å²) in [6, 6.07) is 7.41. The van der Waals surface area contributed by atoms with Crippen molar-refractivity contribution in [2.75, 3.05) is 11.9 Å². The lowest BCUT2D eigenvalue weighted by atomic mass is 10.1. The second kappa shape index (κ2) is 6.54. The molecule has 2 heterocycles. The van der Waals surface area contributed by atoms with Crippen molar-refractivity contribution in [1.29, 1.82) is 0 Å². The second-order valence-corrected chi connectivity index (χ2v) is 4.56. The lowest BCUT2D eigenvalue weighted by molar-refractivity contribution is -0.117. The lowest BCUT2D eigenvalue weighted by Gasteiger charge is -2.11. The first-order valence-corrected chi connectivity index (χ1v) is 6.37. The highest BCUT2D eigenvalue weighted by Gasteiger charge is 2.21. The number of benzene rings is 1. The molecule has 1 unspecified atom stereocenters. The highest BCUT2D eigenvalue weighted by Crippen LogP contribution is 2.21. The van der Waals surface area contributed by atoms with Crippen LogP contribution in [0.25, 0.3) is 11.5 Å². The first-order chi connectivity index (χ1) is 9.33. The van der Waals surface area contributed by atoms with Gasteiger partial charge in [0.1, 0.15) is 6.26 Å². The molecule has 1 aromatic heterocycles. The molecular weight excluding hydrogens is 278 g/mol. The minimum absolute atomic E-state index is 0. The number of amides is 1. The Hall–Kier alpha value is -1.85. The Morgan fingerprint density at radius 3 is 3.05 bits per heavy atom. The van der Waals surface area contributed by atoms with Crippen molar-refractivity contribution < 1.29 is 9.21 Å². The molecule has 0 spiro atoms. The SMILES string of the molecule is Cl.O=C(Nc1cccc(-c2ncco2)c1)C1CCCN1. The molecule has 6 heteroatoms. The van der Waals surface area contributed by atoms with Crippen LogP contribution in [0.1, 0.15) is 12.8 Å². The molecule has 1 aromatic carbocycles. The molecule has 0 bridgehead atoms. The summed E-state index contributed by atoms with van der Waals surface area (Å²) in [7, 11) is 0. The standard InChI is InChI=1S/C14H15N3O2.ClH/c18-13(12-5-2-6-15-12)17-11-4-1-3-10(9-11)14-16-7-8-19-14;/h1,3-4,7-9,12,15H,2,5-6H2,(H,17,18);1H. The van der Waals surface area contributed by atoms with Gasteiger partial charge in [0.2, 0.25) is 11.8 Å². The molecule has 3 rings (SSSR count). The van der Waals surface area contributed by atoms with Gasteiger partial charge in [-0.1, -0.05) is 6.07 Å². The number of oxazole rings is 1. The predicted molar refractivity (Wildman–Crippen MR) is 78.8 cm³/mol. The Balaban J connectivity index is 0.00000147. The van der Waals surface area contributed by atoms with E-state index in [2.05, 4.69) is 15.6 Å². The monoisotopic (exact) mass is 293 g/mol. The van der Waals surface area contributed by atoms with E-state index in [1.165, 1.54) is 6.26 Å². The first kappa shape index (κ1) is 14.6. The summed E-state index contributed by atoms with van der Waals surface area (Å²) in [6.45, 7) is 0.911. The van der Waals surface area contributed by atoms with Crippen molar-refractivity contribution in [2.45, 2.75) is 18.9 Å². The van der Waals surface area contributed by atoms with Gasteiger partial charge in [-0.2, -0.15) is 0 Å². The van der Waals surface area contributed by atoms with Gasteiger partial charge in [0.25, 0.3) is 0 Å². The summed E-state index contributed by atoms with van der Waals surface area (Å²) in [6.07, 6.45) is 5.08. The summed E-state index contributed by atoms with van der Waals surface area (Å²) >= 11 is 0. The number of hydrogen-bond donors (Lipinski definition) is 2. The smallest absolute Gasteiger partial charge is 0.241 e. The molecule has 5 nitrogen and oxygen atoms in total. The third-order valence-corrected chi connectivity index (χ3v) is 3.19. The zero-order valence-corrected chi connectivity index (χ0v) is 11.7. The van der Waals surface area contributed by atoms with Crippen LogP contribution in [0.3, 0.4) is 0 Å². The average molecular weight is 294 g/mol. The quantitative estimate of drug-likeness (QED) is 0.912. The summed E-state index contributed by atoms with van der Waals surface area (Å²) in [4.78, 5) is 16.1. The van der Waals surface area contributed by atoms with Crippen molar-refractivity contribution in [1.82, 2.24) is 10.3 Å². The van der Waals surface area contributed by atoms with Crippen LogP contribution >= 0.6 is 12.4 Å². The molecule has 1 aliphatic rings. The van der Waals surface area contributed by atoms with Crippen molar-refractivity contribution in [3.8, 4) is 11.5 Å². The van der Waals surface area contributed by atoms with E-state index in [0.717, 1.165) is 30.6 Å². The molecule has 2 N–H and O–H groups in total. The number of aromatic nitrogens is 1. The maximum Gasteiger partial charge on any atom is 0.241 e. The van der Waals surface area contributed by atoms with E-state index in [-0.39, 0.29) is 24.4 Å². The fourth-order valence-corrected chi connectivity index (χ4v) is 2.23. The maximum absolute atomic E-state index is 12.0. The van der Waals surface area contributed by atoms with Gasteiger partial charge in [0.05, 0.1) is 12.2 Å². The van der Waals surface area contributed by atoms with Crippen LogP contribution < -0.4 is 10.6 Å². The third-order valence-electron chi connectivity index (χ3n) is 3.19. The molecule has 1 saturated heterocycles. The summed E-state index contributed by atoms with van der Waals surface area (Å²) in [5.41, 5.74) is 1.61. The van der Waals surface area contributed by atoms with Crippen LogP contribution in [0.15, 0.2) is 41.1 Å². The molecule has 2 aromatic rings. The van der Waals surface area contributed by atoms with Crippen LogP contribution in [0.4, 0.5) is 5.69 Å². The normalized spacial score (nSPS) is 17.5. The van der Waals surface area contributed by atoms with Crippen molar-refractivity contribution in [2.24, 2.45) is 0 Å². The Kier molecular flexibility index (Phi) is 4.76. The fourth-order valence-electron chi connectivity index (χ4n) is 2.23. The number of halogens is 1. The Morgan fingerprint density at radius 1 is 1.45 bits per heavy atom. The van der Waals surface area contributed by atoms with Gasteiger partial charge in [0, 0.05) is 11.3 Å². The molecule has 1 aliphatic heterocycles. The molecule has 106 valence electrons. The molecule has 1 atom stereocenters. The lowest BCUT2D eigenvalue weighted by Crippen LogP contribution is -2.35. The van der Waals surface area contributed by atoms with Gasteiger partial charge in [-0.05, 0) is 37.6 Å². The predicted octanol–water partition coefficient (Wildman–Crippen LogP) is 2.45. The minimum Gasteiger partial charge on any atom is -0.445 e. The van der Waals surface area contributed by atoms with E-state index in [4.69, 9.17) is 4.42 Å². The average Bonchev–Trinajstić information content (AvgIpc) is 3.13. The molecular formula is C14H16ClN3O2. The van der Waals surface area contributed by atoms with Crippen molar-refractivity contribution in [3.05, 3.63) is 36.7 Å². The second-order valence-electron chi connectivity index (χ2n) is 4.56. The van der Waals surface area contributed by atoms with E-state index in [0.29, 0.717) is 5.89 Å². The molecule has 1 fully saturated rings. The Labute approximate surface area is 123 Å². The first-order valence-electron chi connectivity index (χ1n) is 6.37. The van der Waals surface area contributed by atoms with Gasteiger partial charge in [-0.3, -0.25) is 4.79 Å². The highest BCUT2D eigenvalue weighted by atomic mass is 35.5. The zero-order valence-electron chi connectivity index (χ0n) is 10.8. The summed E-state index contributed by atoms with van der Waals surface area (Å²) < 4.78 is 5.24. The van der Waals surface area contributed by atoms with Crippen molar-refractivity contribution >= 4 is 24.0 Å². The Bertz CT molecular complexity index is 566. The van der Waals surface area contributed by atoms with Gasteiger partial charge in [-0.25, -0.2) is 4.98 Å². The number of carbonyl (C=O) groups is 1. The van der Waals surface area contributed by atoms with Crippen molar-refractivity contribution in [3.63, 3.8) is 0 Å². The van der Waals surface area contributed by atoms with Crippen LogP contribution in [0.2, 0.25) is 0 Å². The molecule has 0 aliphatic carbocycles. The number of nitrogens with zero attached hydrogens (tertiary/aromatic N) is 1. The van der Waals surface area contributed by atoms with Gasteiger partial charge in [0.15, 0.2) is 0 Å². The van der Waals surface area contributed by atoms with Crippen LogP contribution in [0.5, 0.6) is 0 Å². The van der Waals surface area contributed by atoms with Crippen LogP contribution in [0, 0.1) is 0 Å². The Morgan fingerprint density at radius 2 is 2.35 bits per heavy atom. The zero-order chi connectivity index (χ0) is 13.1. The van der Waals surface area contributed by atoms with E-state index in [9.17, 15) is 4.79 Å². The molecule has 0 radical (unpaired) electrons. The highest BCUT2D eigenvalue weighted by molar-refractivity contribution is 5.95. The number of rotatable bonds is 3. The minimum atomic E-state index is -0.0783. The van der Waals surface area contributed by atoms with Gasteiger partial charge < -0.3 is 15.1 Å². The van der Waals surface area contributed by atoms with Crippen LogP contribution in [-0.4, -0.2) is 23.5 Å². The van der Waals surface area contributed by atoms with Crippen LogP contribution in [-0.2, 0) is 4.79 Å². The molecule has 0 saturated carbocycles. The number of nitrogens with one attached hydrogen (secondary N) is 2.